The third-order valence-electron chi connectivity index (χ3n) is 0.711. The van der Waals surface area contributed by atoms with Crippen LogP contribution in [0.25, 0.3) is 0 Å². The molecule has 0 nitrogen and oxygen atoms in total. The third kappa shape index (κ3) is 2.78. The molecule has 0 N–H and O–H groups in total. The molecular weight excluding hydrogens is 87.5 g/mol. The third-order valence-corrected chi connectivity index (χ3v) is 0.711. The van der Waals surface area contributed by atoms with Gasteiger partial charge in [0.2, 0.25) is 0 Å². The van der Waals surface area contributed by atoms with E-state index in [4.69, 9.17) is 7.74 Å². The molecule has 0 aliphatic rings. The summed E-state index contributed by atoms with van der Waals surface area (Å²) in [6.07, 6.45) is 0. The fourth-order valence-corrected chi connectivity index (χ4v) is 0.0364. The summed E-state index contributed by atoms with van der Waals surface area (Å²) in [6.45, 7) is 3.38. The Hall–Kier alpha value is 0.125. The lowest BCUT2D eigenvalue weighted by Gasteiger charge is -2.13. The molecule has 0 fully saturated rings. The second-order valence-corrected chi connectivity index (χ2v) is 2.10. The number of hydrogen-bond donors (Lipinski definition) is 0. The maximum absolute atomic E-state index is 11.5. The molecule has 0 unspecified atom stereocenters. The van der Waals surface area contributed by atoms with E-state index in [-0.39, 0.29) is 0 Å². The van der Waals surface area contributed by atoms with E-state index in [1.807, 2.05) is 0 Å². The maximum Gasteiger partial charge on any atom is 0.351 e. The lowest BCUT2D eigenvalue weighted by molar-refractivity contribution is 0.785. The SMILES string of the molecule is [B][B]C(C)(C)[B]F. The van der Waals surface area contributed by atoms with Crippen molar-refractivity contribution in [2.24, 2.45) is 0 Å². The van der Waals surface area contributed by atoms with Gasteiger partial charge in [-0.1, -0.05) is 19.1 Å². The van der Waals surface area contributed by atoms with E-state index in [2.05, 4.69) is 0 Å². The van der Waals surface area contributed by atoms with Gasteiger partial charge in [0.25, 0.3) is 0 Å². The summed E-state index contributed by atoms with van der Waals surface area (Å²) >= 11 is 0. The summed E-state index contributed by atoms with van der Waals surface area (Å²) in [5.41, 5.74) is 0. The highest BCUT2D eigenvalue weighted by molar-refractivity contribution is 6.95. The van der Waals surface area contributed by atoms with Crippen LogP contribution in [-0.2, 0) is 0 Å². The molecule has 4 heteroatoms. The molecule has 0 atom stereocenters. The number of halogens is 1. The first-order chi connectivity index (χ1) is 3.12. The van der Waals surface area contributed by atoms with E-state index in [0.717, 1.165) is 0 Å². The highest BCUT2D eigenvalue weighted by Gasteiger charge is 2.16. The van der Waals surface area contributed by atoms with Crippen molar-refractivity contribution in [3.05, 3.63) is 0 Å². The first-order valence-electron chi connectivity index (χ1n) is 2.13. The van der Waals surface area contributed by atoms with Gasteiger partial charge in [0.15, 0.2) is 0 Å². The van der Waals surface area contributed by atoms with Gasteiger partial charge < -0.3 is 4.32 Å². The standard InChI is InChI=1S/C3H6B3F/c1-3(2,5-4)6-7/h1-2H3. The second kappa shape index (κ2) is 2.44. The fourth-order valence-electron chi connectivity index (χ4n) is 0.0364. The van der Waals surface area contributed by atoms with E-state index < -0.39 is 5.21 Å². The van der Waals surface area contributed by atoms with Gasteiger partial charge in [-0.3, -0.25) is 0 Å². The van der Waals surface area contributed by atoms with E-state index in [1.165, 1.54) is 7.17 Å². The maximum atomic E-state index is 11.5. The van der Waals surface area contributed by atoms with Crippen LogP contribution in [0.15, 0.2) is 0 Å². The summed E-state index contributed by atoms with van der Waals surface area (Å²) in [5.74, 6) is 0. The van der Waals surface area contributed by atoms with Gasteiger partial charge >= 0.3 is 7.56 Å². The molecule has 0 aromatic heterocycles. The minimum absolute atomic E-state index is 0.556. The smallest absolute Gasteiger partial charge is 0.343 e. The van der Waals surface area contributed by atoms with Crippen molar-refractivity contribution in [3.8, 4) is 0 Å². The predicted molar refractivity (Wildman–Crippen MR) is 32.4 cm³/mol. The summed E-state index contributed by atoms with van der Waals surface area (Å²) in [5, 5.41) is -0.556. The molecule has 7 heavy (non-hydrogen) atoms. The van der Waals surface area contributed by atoms with E-state index in [0.29, 0.717) is 7.56 Å². The van der Waals surface area contributed by atoms with Gasteiger partial charge in [-0.05, 0) is 0 Å². The molecule has 0 saturated carbocycles. The molecule has 0 aliphatic carbocycles. The van der Waals surface area contributed by atoms with Crippen molar-refractivity contribution >= 4 is 22.5 Å². The van der Waals surface area contributed by atoms with Crippen molar-refractivity contribution in [1.82, 2.24) is 0 Å². The molecule has 0 aliphatic heterocycles. The molecule has 0 aromatic carbocycles. The average molecular weight is 93.5 g/mol. The van der Waals surface area contributed by atoms with Crippen LogP contribution in [0, 0.1) is 0 Å². The first-order valence-corrected chi connectivity index (χ1v) is 2.13. The van der Waals surface area contributed by atoms with Crippen LogP contribution in [0.1, 0.15) is 13.8 Å². The molecule has 0 spiro atoms. The molecule has 0 bridgehead atoms. The highest BCUT2D eigenvalue weighted by Crippen LogP contribution is 2.17. The van der Waals surface area contributed by atoms with E-state index in [1.54, 1.807) is 13.8 Å². The van der Waals surface area contributed by atoms with Crippen LogP contribution in [-0.4, -0.2) is 22.5 Å². The van der Waals surface area contributed by atoms with Gasteiger partial charge in [-0.25, -0.2) is 0 Å². The summed E-state index contributed by atoms with van der Waals surface area (Å²) in [7, 11) is 6.90. The van der Waals surface area contributed by atoms with E-state index >= 15 is 0 Å². The Morgan fingerprint density at radius 3 is 2.00 bits per heavy atom. The minimum Gasteiger partial charge on any atom is -0.343 e. The predicted octanol–water partition coefficient (Wildman–Crippen LogP) is 0.519. The Kier molecular flexibility index (Phi) is 2.48. The Morgan fingerprint density at radius 2 is 2.00 bits per heavy atom. The zero-order chi connectivity index (χ0) is 5.91. The van der Waals surface area contributed by atoms with E-state index in [9.17, 15) is 4.32 Å². The summed E-state index contributed by atoms with van der Waals surface area (Å²) in [6, 6.07) is 0. The van der Waals surface area contributed by atoms with Crippen molar-refractivity contribution < 1.29 is 4.32 Å². The molecule has 0 rings (SSSR count). The van der Waals surface area contributed by atoms with Crippen LogP contribution < -0.4 is 0 Å². The fraction of sp³-hybridized carbons (Fsp3) is 1.00. The zero-order valence-corrected chi connectivity index (χ0v) is 4.61. The molecule has 4 radical (unpaired) electrons. The topological polar surface area (TPSA) is 0 Å². The molecule has 0 aromatic rings. The van der Waals surface area contributed by atoms with Crippen LogP contribution in [0.2, 0.25) is 5.21 Å². The molecule has 0 heterocycles. The van der Waals surface area contributed by atoms with Crippen molar-refractivity contribution in [2.45, 2.75) is 19.1 Å². The van der Waals surface area contributed by atoms with Crippen molar-refractivity contribution in [3.63, 3.8) is 0 Å². The Balaban J connectivity index is 3.36. The summed E-state index contributed by atoms with van der Waals surface area (Å²) < 4.78 is 11.5. The molecule has 34 valence electrons. The summed E-state index contributed by atoms with van der Waals surface area (Å²) in [4.78, 5) is 0. The quantitative estimate of drug-likeness (QED) is 0.437. The van der Waals surface area contributed by atoms with Crippen molar-refractivity contribution in [2.75, 3.05) is 0 Å². The van der Waals surface area contributed by atoms with Gasteiger partial charge in [-0.2, -0.15) is 0 Å². The van der Waals surface area contributed by atoms with Crippen LogP contribution in [0.3, 0.4) is 0 Å². The van der Waals surface area contributed by atoms with Gasteiger partial charge in [0, 0.05) is 7.74 Å². The lowest BCUT2D eigenvalue weighted by atomic mass is 9.32. The van der Waals surface area contributed by atoms with Gasteiger partial charge in [-0.15, -0.1) is 0 Å². The normalized spacial score (nSPS) is 10.7. The Morgan fingerprint density at radius 1 is 1.57 bits per heavy atom. The number of rotatable bonds is 2. The van der Waals surface area contributed by atoms with Crippen LogP contribution in [0.4, 0.5) is 4.32 Å². The second-order valence-electron chi connectivity index (χ2n) is 2.10. The minimum atomic E-state index is -0.556. The van der Waals surface area contributed by atoms with Gasteiger partial charge in [0.1, 0.15) is 0 Å². The zero-order valence-electron chi connectivity index (χ0n) is 4.61. The molecule has 0 saturated heterocycles. The molecular formula is C3H6B3F. The average Bonchev–Trinajstić information content (AvgIpc) is 1.68. The largest absolute Gasteiger partial charge is 0.351 e. The first kappa shape index (κ1) is 7.12. The van der Waals surface area contributed by atoms with Crippen LogP contribution >= 0.6 is 0 Å². The monoisotopic (exact) mass is 94.1 g/mol. The van der Waals surface area contributed by atoms with Crippen LogP contribution in [0.5, 0.6) is 0 Å². The Labute approximate surface area is 46.8 Å². The Bertz CT molecular complexity index is 48.1. The molecule has 0 amide bonds. The highest BCUT2D eigenvalue weighted by atomic mass is 19.1. The number of hydrogen-bond acceptors (Lipinski definition) is 0. The lowest BCUT2D eigenvalue weighted by Crippen LogP contribution is -2.17. The van der Waals surface area contributed by atoms with Gasteiger partial charge in [0.05, 0.1) is 7.17 Å². The van der Waals surface area contributed by atoms with Crippen molar-refractivity contribution in [1.29, 1.82) is 0 Å².